The summed E-state index contributed by atoms with van der Waals surface area (Å²) in [6.07, 6.45) is 1.30. The monoisotopic (exact) mass is 146 g/mol. The molecule has 0 heterocycles. The highest BCUT2D eigenvalue weighted by Gasteiger charge is 2.04. The van der Waals surface area contributed by atoms with Gasteiger partial charge in [0.1, 0.15) is 0 Å². The van der Waals surface area contributed by atoms with Gasteiger partial charge in [0, 0.05) is 6.61 Å². The maximum atomic E-state index is 5.57. The molecule has 0 saturated carbocycles. The smallest absolute Gasteiger partial charge is 0.176 e. The molecule has 0 rings (SSSR count). The molecule has 0 radical (unpaired) electrons. The Balaban J connectivity index is 3.18. The molecule has 1 atom stereocenters. The first-order valence-corrected chi connectivity index (χ1v) is 6.07. The Morgan fingerprint density at radius 2 is 1.89 bits per heavy atom. The van der Waals surface area contributed by atoms with E-state index in [1.54, 1.807) is 0 Å². The molecule has 0 amide bonds. The third-order valence-electron chi connectivity index (χ3n) is 1.47. The van der Waals surface area contributed by atoms with Gasteiger partial charge < -0.3 is 4.43 Å². The first-order valence-electron chi connectivity index (χ1n) is 3.96. The molecule has 0 aliphatic heterocycles. The van der Waals surface area contributed by atoms with Crippen LogP contribution < -0.4 is 0 Å². The fraction of sp³-hybridized carbons (Fsp3) is 1.00. The molecular weight excluding hydrogens is 128 g/mol. The summed E-state index contributed by atoms with van der Waals surface area (Å²) in [4.78, 5) is 0. The van der Waals surface area contributed by atoms with E-state index < -0.39 is 9.04 Å². The van der Waals surface area contributed by atoms with E-state index in [2.05, 4.69) is 20.8 Å². The van der Waals surface area contributed by atoms with Crippen LogP contribution in [0.3, 0.4) is 0 Å². The van der Waals surface area contributed by atoms with Gasteiger partial charge in [-0.15, -0.1) is 0 Å². The molecule has 1 nitrogen and oxygen atoms in total. The largest absolute Gasteiger partial charge is 0.420 e. The minimum absolute atomic E-state index is 0.713. The molecule has 0 N–H and O–H groups in total. The van der Waals surface area contributed by atoms with Gasteiger partial charge in [0.15, 0.2) is 9.04 Å². The van der Waals surface area contributed by atoms with Gasteiger partial charge >= 0.3 is 0 Å². The quantitative estimate of drug-likeness (QED) is 0.540. The second-order valence-corrected chi connectivity index (χ2v) is 5.25. The summed E-state index contributed by atoms with van der Waals surface area (Å²) in [5.41, 5.74) is 0. The van der Waals surface area contributed by atoms with Crippen molar-refractivity contribution in [2.75, 3.05) is 6.61 Å². The zero-order valence-corrected chi connectivity index (χ0v) is 7.97. The van der Waals surface area contributed by atoms with Crippen LogP contribution in [0.25, 0.3) is 0 Å². The molecule has 2 heteroatoms. The molecule has 0 spiro atoms. The van der Waals surface area contributed by atoms with Crippen LogP contribution in [-0.2, 0) is 4.43 Å². The van der Waals surface area contributed by atoms with Crippen LogP contribution in [0.5, 0.6) is 0 Å². The fourth-order valence-electron chi connectivity index (χ4n) is 0.963. The summed E-state index contributed by atoms with van der Waals surface area (Å²) in [5, 5.41) is 0. The Labute approximate surface area is 60.1 Å². The van der Waals surface area contributed by atoms with Gasteiger partial charge in [-0.2, -0.15) is 0 Å². The van der Waals surface area contributed by atoms with Crippen molar-refractivity contribution in [1.29, 1.82) is 0 Å². The number of hydrogen-bond acceptors (Lipinski definition) is 1. The molecular formula is C7H18OSi. The van der Waals surface area contributed by atoms with Crippen LogP contribution in [0.1, 0.15) is 27.2 Å². The van der Waals surface area contributed by atoms with Gasteiger partial charge in [0.2, 0.25) is 0 Å². The molecule has 0 aromatic rings. The summed E-state index contributed by atoms with van der Waals surface area (Å²) in [6, 6.07) is 2.64. The number of rotatable bonds is 5. The van der Waals surface area contributed by atoms with E-state index in [-0.39, 0.29) is 0 Å². The summed E-state index contributed by atoms with van der Waals surface area (Å²) in [6.45, 7) is 7.48. The topological polar surface area (TPSA) is 9.23 Å². The maximum Gasteiger partial charge on any atom is 0.176 e. The van der Waals surface area contributed by atoms with E-state index >= 15 is 0 Å². The molecule has 0 aromatic carbocycles. The van der Waals surface area contributed by atoms with Crippen LogP contribution in [0, 0.1) is 0 Å². The summed E-state index contributed by atoms with van der Waals surface area (Å²) < 4.78 is 5.57. The van der Waals surface area contributed by atoms with Crippen molar-refractivity contribution < 1.29 is 4.43 Å². The van der Waals surface area contributed by atoms with E-state index in [4.69, 9.17) is 4.43 Å². The molecule has 0 aromatic heterocycles. The van der Waals surface area contributed by atoms with Crippen molar-refractivity contribution in [3.63, 3.8) is 0 Å². The van der Waals surface area contributed by atoms with E-state index in [9.17, 15) is 0 Å². The Kier molecular flexibility index (Phi) is 6.42. The summed E-state index contributed by atoms with van der Waals surface area (Å²) in [7, 11) is -0.713. The van der Waals surface area contributed by atoms with Crippen LogP contribution in [-0.4, -0.2) is 15.6 Å². The lowest BCUT2D eigenvalue weighted by atomic mass is 10.6. The molecule has 1 unspecified atom stereocenters. The highest BCUT2D eigenvalue weighted by Crippen LogP contribution is 2.02. The average Bonchev–Trinajstić information content (AvgIpc) is 1.88. The Morgan fingerprint density at radius 1 is 1.22 bits per heavy atom. The van der Waals surface area contributed by atoms with Crippen molar-refractivity contribution in [3.8, 4) is 0 Å². The Bertz CT molecular complexity index is 50.9. The van der Waals surface area contributed by atoms with Crippen molar-refractivity contribution in [3.05, 3.63) is 0 Å². The standard InChI is InChI=1S/C7H18OSi/c1-4-7-9(6-3)8-5-2/h9H,4-7H2,1-3H3. The van der Waals surface area contributed by atoms with E-state index in [0.717, 1.165) is 6.61 Å². The van der Waals surface area contributed by atoms with Crippen molar-refractivity contribution in [2.45, 2.75) is 39.3 Å². The molecule has 0 fully saturated rings. The maximum absolute atomic E-state index is 5.57. The third kappa shape index (κ3) is 4.67. The van der Waals surface area contributed by atoms with Gasteiger partial charge in [0.25, 0.3) is 0 Å². The zero-order chi connectivity index (χ0) is 7.11. The summed E-state index contributed by atoms with van der Waals surface area (Å²) >= 11 is 0. The molecule has 0 aliphatic carbocycles. The van der Waals surface area contributed by atoms with Gasteiger partial charge in [-0.1, -0.05) is 20.3 Å². The second kappa shape index (κ2) is 6.30. The fourth-order valence-corrected chi connectivity index (χ4v) is 2.89. The van der Waals surface area contributed by atoms with Gasteiger partial charge in [-0.25, -0.2) is 0 Å². The molecule has 0 saturated heterocycles. The lowest BCUT2D eigenvalue weighted by molar-refractivity contribution is 0.341. The zero-order valence-electron chi connectivity index (χ0n) is 6.81. The second-order valence-electron chi connectivity index (χ2n) is 2.27. The highest BCUT2D eigenvalue weighted by atomic mass is 28.3. The normalized spacial score (nSPS) is 13.7. The predicted octanol–water partition coefficient (Wildman–Crippen LogP) is 2.18. The van der Waals surface area contributed by atoms with E-state index in [1.807, 2.05) is 0 Å². The lowest BCUT2D eigenvalue weighted by Crippen LogP contribution is -2.15. The highest BCUT2D eigenvalue weighted by molar-refractivity contribution is 6.51. The van der Waals surface area contributed by atoms with Crippen LogP contribution in [0.4, 0.5) is 0 Å². The SMILES string of the molecule is CCC[SiH](CC)OCC. The van der Waals surface area contributed by atoms with Gasteiger partial charge in [-0.3, -0.25) is 0 Å². The minimum atomic E-state index is -0.713. The van der Waals surface area contributed by atoms with Gasteiger partial charge in [0.05, 0.1) is 0 Å². The summed E-state index contributed by atoms with van der Waals surface area (Å²) in [5.74, 6) is 0. The molecule has 56 valence electrons. The third-order valence-corrected chi connectivity index (χ3v) is 4.41. The number of hydrogen-bond donors (Lipinski definition) is 0. The van der Waals surface area contributed by atoms with Crippen molar-refractivity contribution in [2.24, 2.45) is 0 Å². The lowest BCUT2D eigenvalue weighted by Gasteiger charge is -2.10. The first-order chi connectivity index (χ1) is 4.35. The van der Waals surface area contributed by atoms with Crippen LogP contribution in [0.2, 0.25) is 12.1 Å². The van der Waals surface area contributed by atoms with Crippen molar-refractivity contribution >= 4 is 9.04 Å². The van der Waals surface area contributed by atoms with Gasteiger partial charge in [-0.05, 0) is 19.0 Å². The molecule has 0 bridgehead atoms. The van der Waals surface area contributed by atoms with Crippen LogP contribution in [0.15, 0.2) is 0 Å². The molecule has 0 aliphatic rings. The Hall–Kier alpha value is 0.177. The first kappa shape index (κ1) is 9.18. The molecule has 9 heavy (non-hydrogen) atoms. The Morgan fingerprint density at radius 3 is 2.22 bits per heavy atom. The van der Waals surface area contributed by atoms with E-state index in [0.29, 0.717) is 0 Å². The average molecular weight is 146 g/mol. The van der Waals surface area contributed by atoms with Crippen LogP contribution >= 0.6 is 0 Å². The predicted molar refractivity (Wildman–Crippen MR) is 44.4 cm³/mol. The van der Waals surface area contributed by atoms with E-state index in [1.165, 1.54) is 18.5 Å². The minimum Gasteiger partial charge on any atom is -0.420 e. The van der Waals surface area contributed by atoms with Crippen molar-refractivity contribution in [1.82, 2.24) is 0 Å².